The third-order valence-electron chi connectivity index (χ3n) is 7.50. The summed E-state index contributed by atoms with van der Waals surface area (Å²) >= 11 is 5.63. The Balaban J connectivity index is 1.31. The molecule has 5 rings (SSSR count). The van der Waals surface area contributed by atoms with Crippen LogP contribution in [0.5, 0.6) is 5.88 Å². The fourth-order valence-electron chi connectivity index (χ4n) is 5.32. The highest BCUT2D eigenvalue weighted by molar-refractivity contribution is 7.81. The maximum atomic E-state index is 13.6. The van der Waals surface area contributed by atoms with Gasteiger partial charge in [0.15, 0.2) is 10.8 Å². The number of anilines is 2. The summed E-state index contributed by atoms with van der Waals surface area (Å²) in [7, 11) is 0. The third-order valence-corrected chi connectivity index (χ3v) is 7.86. The van der Waals surface area contributed by atoms with E-state index in [9.17, 15) is 22.8 Å². The van der Waals surface area contributed by atoms with Crippen LogP contribution >= 0.6 is 12.2 Å². The van der Waals surface area contributed by atoms with Crippen LogP contribution in [0.3, 0.4) is 0 Å². The van der Waals surface area contributed by atoms with Gasteiger partial charge in [0.05, 0.1) is 29.3 Å². The fourth-order valence-corrected chi connectivity index (χ4v) is 5.79. The Hall–Kier alpha value is -3.99. The van der Waals surface area contributed by atoms with E-state index in [2.05, 4.69) is 9.97 Å². The van der Waals surface area contributed by atoms with E-state index >= 15 is 0 Å². The quantitative estimate of drug-likeness (QED) is 0.436. The molecule has 0 N–H and O–H groups in total. The molecule has 1 spiro atoms. The van der Waals surface area contributed by atoms with Gasteiger partial charge in [-0.25, -0.2) is 14.8 Å². The smallest absolute Gasteiger partial charge is 0.419 e. The third kappa shape index (κ3) is 5.45. The highest BCUT2D eigenvalue weighted by atomic mass is 32.1. The lowest BCUT2D eigenvalue weighted by molar-refractivity contribution is -0.138. The van der Waals surface area contributed by atoms with Crippen LogP contribution in [0.4, 0.5) is 29.3 Å². The Bertz CT molecular complexity index is 1440. The Kier molecular flexibility index (Phi) is 7.51. The van der Waals surface area contributed by atoms with Crippen LogP contribution in [0.2, 0.25) is 0 Å². The van der Waals surface area contributed by atoms with Crippen LogP contribution in [0.15, 0.2) is 30.6 Å². The fraction of sp³-hybridized carbons (Fsp3) is 0.500. The van der Waals surface area contributed by atoms with Crippen LogP contribution in [0, 0.1) is 11.3 Å². The molecule has 0 bridgehead atoms. The first-order chi connectivity index (χ1) is 19.7. The molecule has 2 aromatic rings. The minimum atomic E-state index is -4.83. The predicted octanol–water partition coefficient (Wildman–Crippen LogP) is 5.21. The van der Waals surface area contributed by atoms with E-state index in [0.717, 1.165) is 23.6 Å². The summed E-state index contributed by atoms with van der Waals surface area (Å²) in [4.78, 5) is 38.4. The first-order valence-electron chi connectivity index (χ1n) is 13.5. The summed E-state index contributed by atoms with van der Waals surface area (Å²) in [6, 6.07) is 5.54. The molecule has 0 aromatic carbocycles. The molecule has 10 nitrogen and oxygen atoms in total. The first kappa shape index (κ1) is 29.5. The lowest BCUT2D eigenvalue weighted by Gasteiger charge is -2.42. The van der Waals surface area contributed by atoms with Gasteiger partial charge >= 0.3 is 12.3 Å². The van der Waals surface area contributed by atoms with Crippen molar-refractivity contribution in [2.75, 3.05) is 22.9 Å². The number of pyridine rings is 2. The number of nitrogens with zero attached hydrogens (tertiary/aromatic N) is 6. The molecule has 222 valence electrons. The molecule has 0 unspecified atom stereocenters. The number of piperidine rings is 1. The Labute approximate surface area is 246 Å². The number of carbonyl (C=O) groups is 2. The standard InChI is InChI=1S/C28H29F3N6O4S/c1-26(2,3)41-25(39)35-11-7-19(8-12-35)40-22-6-5-17(15-34-22)37-24(42)36(23(38)27(37)9-4-10-27)18-13-20(28(29,30)31)21(14-32)33-16-18/h5-6,13,15-16,19H,4,7-12H2,1-3H3. The zero-order valence-corrected chi connectivity index (χ0v) is 24.1. The molecule has 1 saturated carbocycles. The van der Waals surface area contributed by atoms with Crippen LogP contribution in [-0.2, 0) is 15.7 Å². The SMILES string of the molecule is CC(C)(C)OC(=O)N1CCC(Oc2ccc(N3C(=S)N(c4cnc(C#N)c(C(F)(F)F)c4)C(=O)C34CCC4)cn2)CC1. The summed E-state index contributed by atoms with van der Waals surface area (Å²) in [5, 5.41) is 9.10. The van der Waals surface area contributed by atoms with Crippen molar-refractivity contribution in [3.63, 3.8) is 0 Å². The number of amides is 2. The van der Waals surface area contributed by atoms with Gasteiger partial charge in [-0.2, -0.15) is 18.4 Å². The molecule has 3 fully saturated rings. The highest BCUT2D eigenvalue weighted by Crippen LogP contribution is 2.48. The second kappa shape index (κ2) is 10.7. The molecule has 3 aliphatic rings. The number of rotatable bonds is 4. The van der Waals surface area contributed by atoms with E-state index in [1.807, 2.05) is 20.8 Å². The topological polar surface area (TPSA) is 112 Å². The predicted molar refractivity (Wildman–Crippen MR) is 149 cm³/mol. The molecule has 0 atom stereocenters. The lowest BCUT2D eigenvalue weighted by atomic mass is 9.75. The minimum absolute atomic E-state index is 0.00400. The molecule has 2 amide bonds. The van der Waals surface area contributed by atoms with Crippen LogP contribution in [0.1, 0.15) is 64.1 Å². The number of carbonyl (C=O) groups excluding carboxylic acids is 2. The average Bonchev–Trinajstić information content (AvgIpc) is 3.14. The van der Waals surface area contributed by atoms with Gasteiger partial charge < -0.3 is 19.3 Å². The van der Waals surface area contributed by atoms with Gasteiger partial charge in [-0.15, -0.1) is 0 Å². The van der Waals surface area contributed by atoms with E-state index in [4.69, 9.17) is 27.0 Å². The van der Waals surface area contributed by atoms with Gasteiger partial charge in [-0.1, -0.05) is 0 Å². The normalized spacial score (nSPS) is 19.1. The molecule has 4 heterocycles. The first-order valence-corrected chi connectivity index (χ1v) is 13.9. The molecule has 2 aliphatic heterocycles. The number of likely N-dealkylation sites (tertiary alicyclic amines) is 1. The van der Waals surface area contributed by atoms with E-state index in [1.54, 1.807) is 21.9 Å². The summed E-state index contributed by atoms with van der Waals surface area (Å²) in [5.74, 6) is -0.0907. The Morgan fingerprint density at radius 1 is 1.12 bits per heavy atom. The maximum Gasteiger partial charge on any atom is 0.419 e. The van der Waals surface area contributed by atoms with Crippen molar-refractivity contribution in [1.82, 2.24) is 14.9 Å². The van der Waals surface area contributed by atoms with Crippen LogP contribution < -0.4 is 14.5 Å². The molecule has 14 heteroatoms. The summed E-state index contributed by atoms with van der Waals surface area (Å²) < 4.78 is 52.3. The van der Waals surface area contributed by atoms with Crippen molar-refractivity contribution in [2.45, 2.75) is 76.3 Å². The Morgan fingerprint density at radius 3 is 2.31 bits per heavy atom. The van der Waals surface area contributed by atoms with Gasteiger partial charge in [-0.3, -0.25) is 9.69 Å². The second-order valence-electron chi connectivity index (χ2n) is 11.5. The summed E-state index contributed by atoms with van der Waals surface area (Å²) in [6.07, 6.45) is 0.103. The maximum absolute atomic E-state index is 13.6. The number of aromatic nitrogens is 2. The molecule has 2 aromatic heterocycles. The Morgan fingerprint density at radius 2 is 1.79 bits per heavy atom. The van der Waals surface area contributed by atoms with Crippen molar-refractivity contribution in [1.29, 1.82) is 5.26 Å². The highest BCUT2D eigenvalue weighted by Gasteiger charge is 2.60. The molecular weight excluding hydrogens is 573 g/mol. The molecular formula is C28H29F3N6O4S. The van der Waals surface area contributed by atoms with Gasteiger partial charge in [0.2, 0.25) is 5.88 Å². The van der Waals surface area contributed by atoms with E-state index < -0.39 is 34.5 Å². The number of halogens is 3. The second-order valence-corrected chi connectivity index (χ2v) is 11.8. The monoisotopic (exact) mass is 602 g/mol. The van der Waals surface area contributed by atoms with Gasteiger partial charge in [0, 0.05) is 32.0 Å². The minimum Gasteiger partial charge on any atom is -0.474 e. The van der Waals surface area contributed by atoms with Crippen molar-refractivity contribution >= 4 is 40.7 Å². The number of alkyl halides is 3. The number of nitriles is 1. The zero-order valence-electron chi connectivity index (χ0n) is 23.3. The van der Waals surface area contributed by atoms with Crippen molar-refractivity contribution in [3.8, 4) is 11.9 Å². The van der Waals surface area contributed by atoms with E-state index in [1.165, 1.54) is 12.3 Å². The van der Waals surface area contributed by atoms with Crippen LogP contribution in [-0.4, -0.2) is 62.3 Å². The largest absolute Gasteiger partial charge is 0.474 e. The molecule has 1 aliphatic carbocycles. The van der Waals surface area contributed by atoms with Gasteiger partial charge in [0.25, 0.3) is 5.91 Å². The van der Waals surface area contributed by atoms with Crippen molar-refractivity contribution < 1.29 is 32.2 Å². The number of hydrogen-bond acceptors (Lipinski definition) is 8. The number of thiocarbonyl (C=S) groups is 1. The van der Waals surface area contributed by atoms with E-state index in [0.29, 0.717) is 50.3 Å². The number of hydrogen-bond donors (Lipinski definition) is 0. The molecule has 2 saturated heterocycles. The van der Waals surface area contributed by atoms with Gasteiger partial charge in [0.1, 0.15) is 23.3 Å². The van der Waals surface area contributed by atoms with Gasteiger partial charge in [-0.05, 0) is 64.4 Å². The lowest BCUT2D eigenvalue weighted by Crippen LogP contribution is -2.55. The molecule has 0 radical (unpaired) electrons. The van der Waals surface area contributed by atoms with E-state index in [-0.39, 0.29) is 23.0 Å². The van der Waals surface area contributed by atoms with Crippen molar-refractivity contribution in [3.05, 3.63) is 41.9 Å². The summed E-state index contributed by atoms with van der Waals surface area (Å²) in [6.45, 7) is 6.43. The van der Waals surface area contributed by atoms with Crippen LogP contribution in [0.25, 0.3) is 0 Å². The molecule has 42 heavy (non-hydrogen) atoms. The van der Waals surface area contributed by atoms with Crippen molar-refractivity contribution in [2.24, 2.45) is 0 Å². The zero-order chi connectivity index (χ0) is 30.4. The number of ether oxygens (including phenoxy) is 2. The average molecular weight is 603 g/mol. The summed E-state index contributed by atoms with van der Waals surface area (Å²) in [5.41, 5.74) is -3.29.